The van der Waals surface area contributed by atoms with Gasteiger partial charge in [-0.05, 0) is 19.4 Å². The lowest BCUT2D eigenvalue weighted by Gasteiger charge is -1.97. The highest BCUT2D eigenvalue weighted by Gasteiger charge is 2.10. The van der Waals surface area contributed by atoms with E-state index in [1.165, 1.54) is 5.57 Å². The average molecular weight is 147 g/mol. The molecule has 0 rings (SSSR count). The molecule has 0 fully saturated rings. The maximum absolute atomic E-state index is 3.93. The van der Waals surface area contributed by atoms with Crippen molar-refractivity contribution in [1.82, 2.24) is 0 Å². The van der Waals surface area contributed by atoms with Gasteiger partial charge in [0.25, 0.3) is 0 Å². The highest BCUT2D eigenvalue weighted by molar-refractivity contribution is 8.12. The summed E-state index contributed by atoms with van der Waals surface area (Å²) in [7, 11) is 2.60. The van der Waals surface area contributed by atoms with Crippen LogP contribution in [-0.4, -0.2) is 12.0 Å². The quantitative estimate of drug-likeness (QED) is 0.416. The zero-order chi connectivity index (χ0) is 6.73. The Kier molecular flexibility index (Phi) is 3.53. The minimum atomic E-state index is -0.134. The summed E-state index contributed by atoms with van der Waals surface area (Å²) in [5.41, 5.74) is 1.83. The molecule has 0 aliphatic carbocycles. The fraction of sp³-hybridized carbons (Fsp3) is 0.500. The summed E-state index contributed by atoms with van der Waals surface area (Å²) >= 11 is 0. The summed E-state index contributed by atoms with van der Waals surface area (Å²) in [6, 6.07) is 0. The summed E-state index contributed by atoms with van der Waals surface area (Å²) in [4.78, 5) is 0. The minimum absolute atomic E-state index is 0.134. The van der Waals surface area contributed by atoms with Crippen molar-refractivity contribution in [2.24, 2.45) is 0 Å². The summed E-state index contributed by atoms with van der Waals surface area (Å²) in [6.07, 6.45) is 3.93. The van der Waals surface area contributed by atoms with Crippen LogP contribution >= 0.6 is 16.2 Å². The zero-order valence-corrected chi connectivity index (χ0v) is 7.57. The van der Waals surface area contributed by atoms with Crippen molar-refractivity contribution in [1.29, 1.82) is 0 Å². The predicted octanol–water partition coefficient (Wildman–Crippen LogP) is 2.66. The number of allylic oxidation sites excluding steroid dienone is 1. The molecule has 3 unspecified atom stereocenters. The second-order valence-corrected chi connectivity index (χ2v) is 5.83. The summed E-state index contributed by atoms with van der Waals surface area (Å²) in [5.74, 6) is 0. The average Bonchev–Trinajstić information content (AvgIpc) is 1.64. The van der Waals surface area contributed by atoms with E-state index in [-0.39, 0.29) is 7.23 Å². The Morgan fingerprint density at radius 3 is 2.12 bits per heavy atom. The molecule has 0 bridgehead atoms. The molecule has 0 aromatic heterocycles. The molecule has 8 heavy (non-hydrogen) atoms. The number of rotatable bonds is 2. The van der Waals surface area contributed by atoms with Gasteiger partial charge in [0.1, 0.15) is 12.9 Å². The monoisotopic (exact) mass is 147 g/mol. The Hall–Kier alpha value is 0.340. The van der Waals surface area contributed by atoms with Gasteiger partial charge in [0.05, 0.1) is 15.2 Å². The first-order chi connectivity index (χ1) is 3.55. The van der Waals surface area contributed by atoms with Crippen molar-refractivity contribution in [2.75, 3.05) is 0 Å². The molecule has 0 spiro atoms. The second kappa shape index (κ2) is 3.38. The maximum Gasteiger partial charge on any atom is 0.135 e. The van der Waals surface area contributed by atoms with Crippen molar-refractivity contribution in [3.05, 3.63) is 12.2 Å². The molecule has 0 aliphatic heterocycles. The SMILES string of the molecule is C=C(C)C(C)[P+](=C)P. The van der Waals surface area contributed by atoms with Gasteiger partial charge in [0.15, 0.2) is 0 Å². The van der Waals surface area contributed by atoms with Gasteiger partial charge in [-0.1, -0.05) is 6.58 Å². The molecule has 3 atom stereocenters. The van der Waals surface area contributed by atoms with E-state index < -0.39 is 0 Å². The van der Waals surface area contributed by atoms with Crippen LogP contribution in [0.1, 0.15) is 13.8 Å². The van der Waals surface area contributed by atoms with Crippen LogP contribution in [0.5, 0.6) is 0 Å². The van der Waals surface area contributed by atoms with Crippen molar-refractivity contribution < 1.29 is 0 Å². The lowest BCUT2D eigenvalue weighted by molar-refractivity contribution is 1.13. The zero-order valence-electron chi connectivity index (χ0n) is 5.52. The van der Waals surface area contributed by atoms with Gasteiger partial charge in [0.2, 0.25) is 0 Å². The van der Waals surface area contributed by atoms with Crippen molar-refractivity contribution in [3.8, 4) is 0 Å². The molecule has 0 aliphatic rings. The summed E-state index contributed by atoms with van der Waals surface area (Å²) in [6.45, 7) is 8.05. The van der Waals surface area contributed by atoms with Crippen LogP contribution in [0, 0.1) is 0 Å². The first kappa shape index (κ1) is 8.34. The Labute approximate surface area is 54.9 Å². The lowest BCUT2D eigenvalue weighted by Crippen LogP contribution is -1.91. The van der Waals surface area contributed by atoms with Crippen LogP contribution in [0.2, 0.25) is 0 Å². The van der Waals surface area contributed by atoms with Crippen LogP contribution in [0.25, 0.3) is 0 Å². The topological polar surface area (TPSA) is 0 Å². The summed E-state index contributed by atoms with van der Waals surface area (Å²) in [5, 5.41) is 0. The first-order valence-electron chi connectivity index (χ1n) is 2.55. The van der Waals surface area contributed by atoms with Crippen molar-refractivity contribution >= 4 is 22.5 Å². The Bertz CT molecular complexity index is 102. The predicted molar refractivity (Wildman–Crippen MR) is 48.0 cm³/mol. The molecule has 0 saturated heterocycles. The Morgan fingerprint density at radius 2 is 2.12 bits per heavy atom. The molecule has 0 amide bonds. The van der Waals surface area contributed by atoms with E-state index in [1.807, 2.05) is 0 Å². The minimum Gasteiger partial charge on any atom is -0.0958 e. The summed E-state index contributed by atoms with van der Waals surface area (Å²) < 4.78 is 0. The molecule has 0 aromatic rings. The van der Waals surface area contributed by atoms with E-state index in [9.17, 15) is 0 Å². The lowest BCUT2D eigenvalue weighted by atomic mass is 10.3. The molecule has 0 aromatic carbocycles. The third kappa shape index (κ3) is 2.60. The number of hydrogen-bond acceptors (Lipinski definition) is 0. The van der Waals surface area contributed by atoms with Gasteiger partial charge in [0, 0.05) is 0 Å². The van der Waals surface area contributed by atoms with E-state index in [0.29, 0.717) is 5.66 Å². The van der Waals surface area contributed by atoms with Crippen LogP contribution in [0.15, 0.2) is 12.2 Å². The maximum atomic E-state index is 3.93. The Balaban J connectivity index is 3.83. The van der Waals surface area contributed by atoms with Gasteiger partial charge < -0.3 is 0 Å². The van der Waals surface area contributed by atoms with Gasteiger partial charge >= 0.3 is 0 Å². The largest absolute Gasteiger partial charge is 0.135 e. The highest BCUT2D eigenvalue weighted by Crippen LogP contribution is 2.38. The van der Waals surface area contributed by atoms with Crippen molar-refractivity contribution in [2.45, 2.75) is 19.5 Å². The van der Waals surface area contributed by atoms with E-state index in [0.717, 1.165) is 0 Å². The molecule has 2 heteroatoms. The number of hydrogen-bond donors (Lipinski definition) is 0. The van der Waals surface area contributed by atoms with Crippen LogP contribution in [0.3, 0.4) is 0 Å². The molecule has 0 heterocycles. The standard InChI is InChI=1S/C6H13P2/c1-5(2)6(3)8(4)7/h6H,1,4,7H2,2-3H3/q+1. The second-order valence-electron chi connectivity index (χ2n) is 2.04. The molecule has 0 N–H and O–H groups in total. The molecule has 46 valence electrons. The highest BCUT2D eigenvalue weighted by atomic mass is 32.0. The molecule has 0 nitrogen and oxygen atoms in total. The smallest absolute Gasteiger partial charge is 0.0958 e. The van der Waals surface area contributed by atoms with Gasteiger partial charge in [-0.25, -0.2) is 0 Å². The molecule has 0 radical (unpaired) electrons. The molecule has 0 saturated carbocycles. The van der Waals surface area contributed by atoms with Crippen LogP contribution in [-0.2, 0) is 0 Å². The van der Waals surface area contributed by atoms with E-state index in [1.54, 1.807) is 0 Å². The fourth-order valence-corrected chi connectivity index (χ4v) is 1.61. The molecular formula is C6H13P2+. The van der Waals surface area contributed by atoms with Crippen molar-refractivity contribution in [3.63, 3.8) is 0 Å². The van der Waals surface area contributed by atoms with E-state index >= 15 is 0 Å². The third-order valence-electron chi connectivity index (χ3n) is 1.21. The van der Waals surface area contributed by atoms with E-state index in [2.05, 4.69) is 35.7 Å². The van der Waals surface area contributed by atoms with Gasteiger partial charge in [-0.2, -0.15) is 0 Å². The van der Waals surface area contributed by atoms with Crippen LogP contribution < -0.4 is 0 Å². The van der Waals surface area contributed by atoms with Gasteiger partial charge in [-0.15, -0.1) is 0 Å². The van der Waals surface area contributed by atoms with E-state index in [4.69, 9.17) is 0 Å². The normalized spacial score (nSPS) is 15.1. The van der Waals surface area contributed by atoms with Gasteiger partial charge in [-0.3, -0.25) is 0 Å². The first-order valence-corrected chi connectivity index (χ1v) is 5.77. The van der Waals surface area contributed by atoms with Crippen LogP contribution in [0.4, 0.5) is 0 Å². The molecular weight excluding hydrogens is 134 g/mol. The fourth-order valence-electron chi connectivity index (χ4n) is 0.283. The Morgan fingerprint density at radius 1 is 1.75 bits per heavy atom. The third-order valence-corrected chi connectivity index (χ3v) is 3.99.